The summed E-state index contributed by atoms with van der Waals surface area (Å²) in [6, 6.07) is 5.31. The molecule has 11 heteroatoms. The molecule has 8 nitrogen and oxygen atoms in total. The van der Waals surface area contributed by atoms with E-state index < -0.39 is 5.91 Å². The molecule has 3 aromatic rings. The SMILES string of the molecule is Cc1c(Nc2ncc(Cl)c(Nc3ccsc3C(N)=O)n2)ccc(N2CCN(C)CC2)c1F. The minimum absolute atomic E-state index is 0.239. The van der Waals surface area contributed by atoms with E-state index in [9.17, 15) is 4.79 Å². The first kappa shape index (κ1) is 22.3. The summed E-state index contributed by atoms with van der Waals surface area (Å²) < 4.78 is 15.1. The molecular weight excluding hydrogens is 453 g/mol. The maximum absolute atomic E-state index is 15.1. The predicted octanol–water partition coefficient (Wildman–Crippen LogP) is 3.98. The number of piperazine rings is 1. The van der Waals surface area contributed by atoms with Gasteiger partial charge in [0.15, 0.2) is 11.6 Å². The van der Waals surface area contributed by atoms with E-state index in [2.05, 4.69) is 37.4 Å². The van der Waals surface area contributed by atoms with E-state index in [1.165, 1.54) is 17.5 Å². The second-order valence-electron chi connectivity index (χ2n) is 7.53. The van der Waals surface area contributed by atoms with Crippen LogP contribution in [0, 0.1) is 12.7 Å². The Morgan fingerprint density at radius 1 is 1.19 bits per heavy atom. The summed E-state index contributed by atoms with van der Waals surface area (Å²) in [7, 11) is 2.06. The number of likely N-dealkylation sites (N-methyl/N-ethyl adjacent to an activating group) is 1. The van der Waals surface area contributed by atoms with E-state index >= 15 is 4.39 Å². The maximum atomic E-state index is 15.1. The maximum Gasteiger partial charge on any atom is 0.260 e. The van der Waals surface area contributed by atoms with Crippen LogP contribution in [-0.2, 0) is 0 Å². The van der Waals surface area contributed by atoms with E-state index in [0.717, 1.165) is 26.2 Å². The Morgan fingerprint density at radius 2 is 1.94 bits per heavy atom. The molecule has 1 fully saturated rings. The first-order valence-electron chi connectivity index (χ1n) is 10.00. The smallest absolute Gasteiger partial charge is 0.260 e. The summed E-state index contributed by atoms with van der Waals surface area (Å²) in [4.78, 5) is 24.8. The van der Waals surface area contributed by atoms with E-state index in [4.69, 9.17) is 17.3 Å². The Bertz CT molecular complexity index is 1150. The quantitative estimate of drug-likeness (QED) is 0.496. The van der Waals surface area contributed by atoms with Crippen LogP contribution in [0.15, 0.2) is 29.8 Å². The lowest BCUT2D eigenvalue weighted by molar-refractivity contribution is 0.100. The van der Waals surface area contributed by atoms with Crippen LogP contribution in [-0.4, -0.2) is 54.0 Å². The van der Waals surface area contributed by atoms with Crippen molar-refractivity contribution in [3.63, 3.8) is 0 Å². The standard InChI is InChI=1S/C21H23ClFN7OS/c1-12-14(3-4-16(17(12)23)30-8-6-29(2)7-9-30)27-21-25-11-13(22)20(28-21)26-15-5-10-32-18(15)19(24)31/h3-5,10-11H,6-9H2,1-2H3,(H2,24,31)(H2,25,26,27,28). The summed E-state index contributed by atoms with van der Waals surface area (Å²) in [5.41, 5.74) is 7.53. The number of anilines is 5. The molecule has 1 aliphatic rings. The minimum atomic E-state index is -0.544. The number of thiophene rings is 1. The van der Waals surface area contributed by atoms with Crippen LogP contribution in [0.25, 0.3) is 0 Å². The van der Waals surface area contributed by atoms with Crippen molar-refractivity contribution < 1.29 is 9.18 Å². The Kier molecular flexibility index (Phi) is 6.45. The Hall–Kier alpha value is -2.95. The second-order valence-corrected chi connectivity index (χ2v) is 8.85. The van der Waals surface area contributed by atoms with Crippen LogP contribution in [0.1, 0.15) is 15.2 Å². The van der Waals surface area contributed by atoms with Crippen LogP contribution >= 0.6 is 22.9 Å². The number of nitrogens with one attached hydrogen (secondary N) is 2. The third-order valence-electron chi connectivity index (χ3n) is 5.34. The van der Waals surface area contributed by atoms with Gasteiger partial charge in [-0.25, -0.2) is 9.37 Å². The van der Waals surface area contributed by atoms with Gasteiger partial charge in [-0.2, -0.15) is 4.98 Å². The van der Waals surface area contributed by atoms with Gasteiger partial charge in [0.05, 0.1) is 17.6 Å². The third kappa shape index (κ3) is 4.62. The molecule has 1 amide bonds. The number of amides is 1. The Balaban J connectivity index is 1.55. The van der Waals surface area contributed by atoms with Gasteiger partial charge in [0, 0.05) is 37.4 Å². The van der Waals surface area contributed by atoms with Gasteiger partial charge >= 0.3 is 0 Å². The predicted molar refractivity (Wildman–Crippen MR) is 127 cm³/mol. The third-order valence-corrected chi connectivity index (χ3v) is 6.55. The first-order chi connectivity index (χ1) is 15.3. The zero-order valence-electron chi connectivity index (χ0n) is 17.7. The Morgan fingerprint density at radius 3 is 2.66 bits per heavy atom. The van der Waals surface area contributed by atoms with Gasteiger partial charge in [-0.05, 0) is 37.6 Å². The van der Waals surface area contributed by atoms with E-state index in [1.54, 1.807) is 24.4 Å². The molecule has 0 unspecified atom stereocenters. The number of nitrogens with two attached hydrogens (primary N) is 1. The number of carbonyl (C=O) groups excluding carboxylic acids is 1. The van der Waals surface area contributed by atoms with Gasteiger partial charge in [-0.3, -0.25) is 4.79 Å². The van der Waals surface area contributed by atoms with Crippen molar-refractivity contribution in [3.05, 3.63) is 51.1 Å². The summed E-state index contributed by atoms with van der Waals surface area (Å²) in [6.45, 7) is 5.08. The summed E-state index contributed by atoms with van der Waals surface area (Å²) in [6.07, 6.45) is 1.43. The lowest BCUT2D eigenvalue weighted by atomic mass is 10.1. The highest BCUT2D eigenvalue weighted by Gasteiger charge is 2.20. The molecule has 0 atom stereocenters. The fourth-order valence-corrected chi connectivity index (χ4v) is 4.30. The van der Waals surface area contributed by atoms with Crippen molar-refractivity contribution in [2.24, 2.45) is 5.73 Å². The number of rotatable bonds is 6. The molecule has 0 saturated carbocycles. The van der Waals surface area contributed by atoms with Crippen molar-refractivity contribution >= 4 is 57.7 Å². The summed E-state index contributed by atoms with van der Waals surface area (Å²) in [5.74, 6) is -0.270. The van der Waals surface area contributed by atoms with Gasteiger partial charge in [-0.15, -0.1) is 11.3 Å². The summed E-state index contributed by atoms with van der Waals surface area (Å²) in [5, 5.41) is 8.08. The van der Waals surface area contributed by atoms with Gasteiger partial charge in [-0.1, -0.05) is 11.6 Å². The van der Waals surface area contributed by atoms with Gasteiger partial charge in [0.2, 0.25) is 5.95 Å². The van der Waals surface area contributed by atoms with Crippen molar-refractivity contribution in [1.82, 2.24) is 14.9 Å². The van der Waals surface area contributed by atoms with Gasteiger partial charge in [0.1, 0.15) is 9.90 Å². The van der Waals surface area contributed by atoms with Crippen LogP contribution < -0.4 is 21.3 Å². The number of halogens is 2. The molecule has 4 rings (SSSR count). The molecule has 4 N–H and O–H groups in total. The molecule has 168 valence electrons. The number of hydrogen-bond acceptors (Lipinski definition) is 8. The molecule has 0 bridgehead atoms. The molecule has 0 radical (unpaired) electrons. The van der Waals surface area contributed by atoms with E-state index in [1.807, 2.05) is 6.07 Å². The molecule has 1 aromatic carbocycles. The summed E-state index contributed by atoms with van der Waals surface area (Å²) >= 11 is 7.44. The van der Waals surface area contributed by atoms with Gasteiger partial charge in [0.25, 0.3) is 5.91 Å². The number of carbonyl (C=O) groups is 1. The first-order valence-corrected chi connectivity index (χ1v) is 11.3. The second kappa shape index (κ2) is 9.27. The lowest BCUT2D eigenvalue weighted by Crippen LogP contribution is -2.44. The van der Waals surface area contributed by atoms with Crippen LogP contribution in [0.4, 0.5) is 33.2 Å². The topological polar surface area (TPSA) is 99.4 Å². The van der Waals surface area contributed by atoms with Crippen LogP contribution in [0.3, 0.4) is 0 Å². The molecule has 3 heterocycles. The highest BCUT2D eigenvalue weighted by Crippen LogP contribution is 2.32. The van der Waals surface area contributed by atoms with Crippen molar-refractivity contribution in [3.8, 4) is 0 Å². The average molecular weight is 476 g/mol. The number of nitrogens with zero attached hydrogens (tertiary/aromatic N) is 4. The molecule has 0 spiro atoms. The van der Waals surface area contributed by atoms with Crippen molar-refractivity contribution in [1.29, 1.82) is 0 Å². The molecule has 32 heavy (non-hydrogen) atoms. The van der Waals surface area contributed by atoms with Crippen molar-refractivity contribution in [2.45, 2.75) is 6.92 Å². The number of hydrogen-bond donors (Lipinski definition) is 3. The minimum Gasteiger partial charge on any atom is -0.367 e. The van der Waals surface area contributed by atoms with Crippen LogP contribution in [0.2, 0.25) is 5.02 Å². The molecule has 0 aliphatic carbocycles. The number of primary amides is 1. The largest absolute Gasteiger partial charge is 0.367 e. The average Bonchev–Trinajstić information content (AvgIpc) is 3.23. The fraction of sp³-hybridized carbons (Fsp3) is 0.286. The Labute approximate surface area is 194 Å². The molecule has 1 aliphatic heterocycles. The van der Waals surface area contributed by atoms with Crippen molar-refractivity contribution in [2.75, 3.05) is 48.8 Å². The van der Waals surface area contributed by atoms with Gasteiger partial charge < -0.3 is 26.2 Å². The molecule has 1 saturated heterocycles. The number of aromatic nitrogens is 2. The highest BCUT2D eigenvalue weighted by molar-refractivity contribution is 7.12. The lowest BCUT2D eigenvalue weighted by Gasteiger charge is -2.34. The molecule has 2 aromatic heterocycles. The number of benzene rings is 1. The normalized spacial score (nSPS) is 14.4. The van der Waals surface area contributed by atoms with Crippen LogP contribution in [0.5, 0.6) is 0 Å². The zero-order chi connectivity index (χ0) is 22.8. The van der Waals surface area contributed by atoms with E-state index in [-0.39, 0.29) is 16.8 Å². The monoisotopic (exact) mass is 475 g/mol. The fourth-order valence-electron chi connectivity index (χ4n) is 3.46. The molecular formula is C21H23ClFN7OS. The zero-order valence-corrected chi connectivity index (χ0v) is 19.2. The highest BCUT2D eigenvalue weighted by atomic mass is 35.5. The van der Waals surface area contributed by atoms with E-state index in [0.29, 0.717) is 33.3 Å².